The topological polar surface area (TPSA) is 143 Å². The first-order valence-corrected chi connectivity index (χ1v) is 19.7. The number of amides is 2. The van der Waals surface area contributed by atoms with Crippen LogP contribution in [0.15, 0.2) is 52.5 Å². The molecule has 16 heteroatoms. The molecule has 1 fully saturated rings. The minimum Gasteiger partial charge on any atom is -0.467 e. The lowest BCUT2D eigenvalue weighted by atomic mass is 9.84. The van der Waals surface area contributed by atoms with Crippen LogP contribution in [0, 0.1) is 11.7 Å². The molecule has 0 radical (unpaired) electrons. The summed E-state index contributed by atoms with van der Waals surface area (Å²) in [7, 11) is 1.81. The fraction of sp³-hybridized carbons (Fsp3) is 0.438. The summed E-state index contributed by atoms with van der Waals surface area (Å²) in [6, 6.07) is 4.91. The Labute approximate surface area is 282 Å². The van der Waals surface area contributed by atoms with E-state index in [0.717, 1.165) is 22.7 Å². The Kier molecular flexibility index (Phi) is 10.1. The smallest absolute Gasteiger partial charge is 0.415 e. The SMILES string of the molecule is CN(C)C(=O)[C@]12C[C@H]1[C@@](C)(c1cc(/C=C(\F)c3cnc(OCc4ncco4)cn3)ccc1F)N=C(N(COCC[Si](C)(C)C)C(=O)O)S2. The molecule has 1 aliphatic heterocycles. The second kappa shape index (κ2) is 13.8. The summed E-state index contributed by atoms with van der Waals surface area (Å²) in [6.07, 6.45) is 5.58. The highest BCUT2D eigenvalue weighted by atomic mass is 32.2. The van der Waals surface area contributed by atoms with Gasteiger partial charge in [0.25, 0.3) is 0 Å². The van der Waals surface area contributed by atoms with Gasteiger partial charge in [-0.05, 0) is 43.2 Å². The maximum atomic E-state index is 15.7. The molecule has 1 aliphatic carbocycles. The second-order valence-electron chi connectivity index (χ2n) is 13.2. The molecule has 2 aliphatic rings. The summed E-state index contributed by atoms with van der Waals surface area (Å²) in [5.41, 5.74) is -1.02. The maximum Gasteiger partial charge on any atom is 0.415 e. The van der Waals surface area contributed by atoms with Crippen molar-refractivity contribution in [1.82, 2.24) is 24.8 Å². The number of thioether (sulfide) groups is 1. The number of benzene rings is 1. The highest BCUT2D eigenvalue weighted by Crippen LogP contribution is 2.67. The van der Waals surface area contributed by atoms with E-state index in [1.165, 1.54) is 54.0 Å². The number of carbonyl (C=O) groups excluding carboxylic acids is 1. The fourth-order valence-corrected chi connectivity index (χ4v) is 7.89. The number of rotatable bonds is 12. The molecule has 0 bridgehead atoms. The van der Waals surface area contributed by atoms with Crippen LogP contribution in [-0.4, -0.2) is 87.3 Å². The van der Waals surface area contributed by atoms with Gasteiger partial charge in [-0.3, -0.25) is 9.79 Å². The van der Waals surface area contributed by atoms with Gasteiger partial charge in [0.2, 0.25) is 17.7 Å². The summed E-state index contributed by atoms with van der Waals surface area (Å²) in [4.78, 5) is 45.3. The van der Waals surface area contributed by atoms with Crippen LogP contribution < -0.4 is 4.74 Å². The third kappa shape index (κ3) is 7.60. The Morgan fingerprint density at radius 1 is 1.21 bits per heavy atom. The average molecular weight is 701 g/mol. The Hall–Kier alpha value is -4.15. The molecule has 0 saturated heterocycles. The fourth-order valence-electron chi connectivity index (χ4n) is 5.44. The number of halogens is 2. The van der Waals surface area contributed by atoms with Crippen LogP contribution in [0.25, 0.3) is 11.9 Å². The van der Waals surface area contributed by atoms with Crippen molar-refractivity contribution >= 4 is 48.9 Å². The van der Waals surface area contributed by atoms with Crippen molar-refractivity contribution in [3.63, 3.8) is 0 Å². The highest BCUT2D eigenvalue weighted by Gasteiger charge is 2.71. The van der Waals surface area contributed by atoms with Gasteiger partial charge < -0.3 is 23.9 Å². The summed E-state index contributed by atoms with van der Waals surface area (Å²) in [6.45, 7) is 8.35. The Morgan fingerprint density at radius 3 is 2.60 bits per heavy atom. The molecular formula is C32H38F2N6O6SSi. The van der Waals surface area contributed by atoms with Crippen molar-refractivity contribution in [1.29, 1.82) is 0 Å². The van der Waals surface area contributed by atoms with Crippen LogP contribution in [0.4, 0.5) is 13.6 Å². The predicted molar refractivity (Wildman–Crippen MR) is 179 cm³/mol. The van der Waals surface area contributed by atoms with Crippen LogP contribution in [0.3, 0.4) is 0 Å². The van der Waals surface area contributed by atoms with Gasteiger partial charge in [0, 0.05) is 40.3 Å². The van der Waals surface area contributed by atoms with Crippen molar-refractivity contribution in [2.75, 3.05) is 27.4 Å². The molecule has 3 heterocycles. The minimum atomic E-state index is -1.44. The van der Waals surface area contributed by atoms with Crippen molar-refractivity contribution in [3.8, 4) is 5.88 Å². The average Bonchev–Trinajstić information content (AvgIpc) is 3.56. The van der Waals surface area contributed by atoms with Gasteiger partial charge in [0.05, 0.1) is 24.1 Å². The van der Waals surface area contributed by atoms with Crippen molar-refractivity contribution < 1.29 is 37.4 Å². The van der Waals surface area contributed by atoms with Crippen LogP contribution in [0.5, 0.6) is 5.88 Å². The summed E-state index contributed by atoms with van der Waals surface area (Å²) in [5.74, 6) is -1.55. The number of oxazole rings is 1. The lowest BCUT2D eigenvalue weighted by molar-refractivity contribution is -0.129. The molecule has 0 spiro atoms. The largest absolute Gasteiger partial charge is 0.467 e. The lowest BCUT2D eigenvalue weighted by Crippen LogP contribution is -2.47. The first-order valence-electron chi connectivity index (χ1n) is 15.2. The molecule has 0 unspecified atom stereocenters. The number of fused-ring (bicyclic) bond motifs is 1. The minimum absolute atomic E-state index is 0.0252. The molecule has 1 N–H and O–H groups in total. The van der Waals surface area contributed by atoms with Gasteiger partial charge >= 0.3 is 6.09 Å². The zero-order valence-electron chi connectivity index (χ0n) is 27.6. The van der Waals surface area contributed by atoms with Crippen LogP contribution in [0.1, 0.15) is 36.1 Å². The number of aliphatic imine (C=N–C) groups is 1. The van der Waals surface area contributed by atoms with Gasteiger partial charge in [0.1, 0.15) is 29.3 Å². The molecule has 5 rings (SSSR count). The zero-order valence-corrected chi connectivity index (χ0v) is 29.4. The second-order valence-corrected chi connectivity index (χ2v) is 20.2. The molecule has 1 saturated carbocycles. The molecule has 256 valence electrons. The van der Waals surface area contributed by atoms with Crippen LogP contribution in [-0.2, 0) is 21.7 Å². The molecule has 1 aromatic carbocycles. The molecular weight excluding hydrogens is 663 g/mol. The van der Waals surface area contributed by atoms with Gasteiger partial charge in [0.15, 0.2) is 17.6 Å². The summed E-state index contributed by atoms with van der Waals surface area (Å²) in [5, 5.41) is 10.2. The number of hydrogen-bond donors (Lipinski definition) is 1. The van der Waals surface area contributed by atoms with E-state index in [1.54, 1.807) is 21.0 Å². The first kappa shape index (κ1) is 35.2. The summed E-state index contributed by atoms with van der Waals surface area (Å²) >= 11 is 1.07. The lowest BCUT2D eigenvalue weighted by Gasteiger charge is -2.37. The maximum absolute atomic E-state index is 15.7. The molecule has 2 amide bonds. The molecule has 3 aromatic rings. The molecule has 3 atom stereocenters. The number of amidine groups is 1. The number of hydrogen-bond acceptors (Lipinski definition) is 10. The van der Waals surface area contributed by atoms with Crippen molar-refractivity contribution in [3.05, 3.63) is 71.6 Å². The zero-order chi connectivity index (χ0) is 34.9. The number of carbonyl (C=O) groups is 2. The van der Waals surface area contributed by atoms with E-state index in [1.807, 2.05) is 0 Å². The van der Waals surface area contributed by atoms with E-state index in [9.17, 15) is 14.7 Å². The molecule has 48 heavy (non-hydrogen) atoms. The van der Waals surface area contributed by atoms with Crippen LogP contribution >= 0.6 is 11.8 Å². The summed E-state index contributed by atoms with van der Waals surface area (Å²) < 4.78 is 46.4. The van der Waals surface area contributed by atoms with E-state index in [0.29, 0.717) is 24.5 Å². The Bertz CT molecular complexity index is 1720. The number of nitrogens with zero attached hydrogens (tertiary/aromatic N) is 6. The van der Waals surface area contributed by atoms with Gasteiger partial charge in [-0.2, -0.15) is 0 Å². The van der Waals surface area contributed by atoms with E-state index >= 15 is 8.78 Å². The monoisotopic (exact) mass is 700 g/mol. The number of ether oxygens (including phenoxy) is 2. The van der Waals surface area contributed by atoms with Crippen LogP contribution in [0.2, 0.25) is 25.7 Å². The van der Waals surface area contributed by atoms with Crippen molar-refractivity contribution in [2.45, 2.75) is 55.9 Å². The Morgan fingerprint density at radius 2 is 1.98 bits per heavy atom. The quantitative estimate of drug-likeness (QED) is 0.134. The highest BCUT2D eigenvalue weighted by molar-refractivity contribution is 8.16. The number of carboxylic acid groups (broad SMARTS) is 1. The first-order chi connectivity index (χ1) is 22.6. The van der Waals surface area contributed by atoms with Gasteiger partial charge in [-0.1, -0.05) is 37.5 Å². The normalized spacial score (nSPS) is 22.0. The van der Waals surface area contributed by atoms with Crippen molar-refractivity contribution in [2.24, 2.45) is 10.9 Å². The predicted octanol–water partition coefficient (Wildman–Crippen LogP) is 6.11. The van der Waals surface area contributed by atoms with E-state index in [2.05, 4.69) is 34.6 Å². The van der Waals surface area contributed by atoms with E-state index < -0.39 is 42.0 Å². The van der Waals surface area contributed by atoms with E-state index in [4.69, 9.17) is 18.9 Å². The molecule has 12 nitrogen and oxygen atoms in total. The Balaban J connectivity index is 1.44. The van der Waals surface area contributed by atoms with Gasteiger partial charge in [-0.25, -0.2) is 33.4 Å². The van der Waals surface area contributed by atoms with E-state index in [-0.39, 0.29) is 41.5 Å². The number of aromatic nitrogens is 3. The molecule has 2 aromatic heterocycles. The standard InChI is InChI=1S/C32H38F2N6O6SSi/c1-31(25-15-32(25,28(41)39(2)3)47-29(38-31)40(30(42)43)19-44-11-12-48(4,5)6)21-13-20(7-8-22(21)33)14-23(34)24-16-37-26(17-36-24)46-18-27-35-9-10-45-27/h7-10,13-14,16-17,25H,11-12,15,18-19H2,1-6H3,(H,42,43)/b23-14-/t25-,31+,32-/m0/s1. The third-order valence-electron chi connectivity index (χ3n) is 8.17. The van der Waals surface area contributed by atoms with Gasteiger partial charge in [-0.15, -0.1) is 0 Å². The third-order valence-corrected chi connectivity index (χ3v) is 11.4.